The van der Waals surface area contributed by atoms with Gasteiger partial charge < -0.3 is 30.4 Å². The standard InChI is InChI=1S/C18H18F2N4O4/c1-18(27,8-2-3-10(19)11(20)6-8)14-12(25)13(26)17(28-14)24-5-4-9-15(21)22-7-23-16(9)24/h2-7,12-14,17,25-27H,1H3,(H2,21,22,23)/t12-,13+,14-,17+,18+/m0/s1. The van der Waals surface area contributed by atoms with Crippen molar-refractivity contribution in [2.24, 2.45) is 0 Å². The van der Waals surface area contributed by atoms with Crippen LogP contribution in [0, 0.1) is 11.6 Å². The second-order valence-corrected chi connectivity index (χ2v) is 6.92. The first-order valence-electron chi connectivity index (χ1n) is 8.48. The molecule has 148 valence electrons. The number of anilines is 1. The number of fused-ring (bicyclic) bond motifs is 1. The Bertz CT molecular complexity index is 1040. The van der Waals surface area contributed by atoms with Gasteiger partial charge in [-0.05, 0) is 30.7 Å². The molecular weight excluding hydrogens is 374 g/mol. The minimum absolute atomic E-state index is 0.00719. The van der Waals surface area contributed by atoms with Crippen LogP contribution >= 0.6 is 0 Å². The zero-order valence-corrected chi connectivity index (χ0v) is 14.7. The largest absolute Gasteiger partial charge is 0.387 e. The molecule has 1 aromatic carbocycles. The third-order valence-electron chi connectivity index (χ3n) is 5.11. The van der Waals surface area contributed by atoms with Gasteiger partial charge in [-0.3, -0.25) is 0 Å². The highest BCUT2D eigenvalue weighted by atomic mass is 19.2. The van der Waals surface area contributed by atoms with Gasteiger partial charge in [0.2, 0.25) is 0 Å². The first kappa shape index (κ1) is 18.7. The number of hydrogen-bond donors (Lipinski definition) is 4. The number of nitrogen functional groups attached to an aromatic ring is 1. The van der Waals surface area contributed by atoms with Crippen LogP contribution in [0.5, 0.6) is 0 Å². The summed E-state index contributed by atoms with van der Waals surface area (Å²) in [7, 11) is 0. The molecule has 3 heterocycles. The molecule has 8 nitrogen and oxygen atoms in total. The minimum Gasteiger partial charge on any atom is -0.387 e. The molecule has 0 unspecified atom stereocenters. The maximum absolute atomic E-state index is 13.6. The van der Waals surface area contributed by atoms with Crippen LogP contribution in [0.4, 0.5) is 14.6 Å². The van der Waals surface area contributed by atoms with Gasteiger partial charge in [0, 0.05) is 6.20 Å². The van der Waals surface area contributed by atoms with Gasteiger partial charge >= 0.3 is 0 Å². The summed E-state index contributed by atoms with van der Waals surface area (Å²) in [6.07, 6.45) is -2.54. The van der Waals surface area contributed by atoms with Gasteiger partial charge in [0.25, 0.3) is 0 Å². The van der Waals surface area contributed by atoms with Gasteiger partial charge in [0.15, 0.2) is 17.9 Å². The van der Waals surface area contributed by atoms with Crippen LogP contribution in [0.3, 0.4) is 0 Å². The van der Waals surface area contributed by atoms with Crippen LogP contribution in [0.15, 0.2) is 36.8 Å². The summed E-state index contributed by atoms with van der Waals surface area (Å²) in [6.45, 7) is 1.29. The predicted molar refractivity (Wildman–Crippen MR) is 93.8 cm³/mol. The summed E-state index contributed by atoms with van der Waals surface area (Å²) >= 11 is 0. The van der Waals surface area contributed by atoms with E-state index in [2.05, 4.69) is 9.97 Å². The third kappa shape index (κ3) is 2.73. The lowest BCUT2D eigenvalue weighted by Gasteiger charge is -2.32. The normalized spacial score (nSPS) is 27.2. The highest BCUT2D eigenvalue weighted by Crippen LogP contribution is 2.40. The van der Waals surface area contributed by atoms with E-state index in [1.807, 2.05) is 0 Å². The summed E-state index contributed by atoms with van der Waals surface area (Å²) in [5, 5.41) is 32.5. The van der Waals surface area contributed by atoms with E-state index in [0.29, 0.717) is 11.0 Å². The molecule has 1 fully saturated rings. The molecule has 2 aromatic heterocycles. The average molecular weight is 392 g/mol. The van der Waals surface area contributed by atoms with Crippen LogP contribution in [0.25, 0.3) is 11.0 Å². The van der Waals surface area contributed by atoms with Crippen molar-refractivity contribution in [2.75, 3.05) is 5.73 Å². The number of nitrogens with zero attached hydrogens (tertiary/aromatic N) is 3. The quantitative estimate of drug-likeness (QED) is 0.520. The molecule has 28 heavy (non-hydrogen) atoms. The van der Waals surface area contributed by atoms with Crippen molar-refractivity contribution in [3.05, 3.63) is 54.0 Å². The van der Waals surface area contributed by atoms with Gasteiger partial charge in [-0.15, -0.1) is 0 Å². The van der Waals surface area contributed by atoms with E-state index in [-0.39, 0.29) is 11.4 Å². The Kier molecular flexibility index (Phi) is 4.31. The first-order chi connectivity index (χ1) is 13.2. The van der Waals surface area contributed by atoms with Gasteiger partial charge in [-0.1, -0.05) is 6.07 Å². The number of aromatic nitrogens is 3. The number of rotatable bonds is 3. The number of hydrogen-bond acceptors (Lipinski definition) is 7. The maximum atomic E-state index is 13.6. The molecule has 3 aromatic rings. The van der Waals surface area contributed by atoms with Crippen molar-refractivity contribution in [1.82, 2.24) is 14.5 Å². The minimum atomic E-state index is -1.92. The molecule has 0 amide bonds. The van der Waals surface area contributed by atoms with Crippen molar-refractivity contribution < 1.29 is 28.8 Å². The van der Waals surface area contributed by atoms with Crippen molar-refractivity contribution in [3.8, 4) is 0 Å². The smallest absolute Gasteiger partial charge is 0.164 e. The Morgan fingerprint density at radius 3 is 2.61 bits per heavy atom. The monoisotopic (exact) mass is 392 g/mol. The van der Waals surface area contributed by atoms with Crippen molar-refractivity contribution in [1.29, 1.82) is 0 Å². The Morgan fingerprint density at radius 1 is 1.14 bits per heavy atom. The highest BCUT2D eigenvalue weighted by Gasteiger charge is 2.52. The molecule has 10 heteroatoms. The summed E-state index contributed by atoms with van der Waals surface area (Å²) < 4.78 is 34.1. The van der Waals surface area contributed by atoms with E-state index >= 15 is 0 Å². The summed E-state index contributed by atoms with van der Waals surface area (Å²) in [6, 6.07) is 4.51. The van der Waals surface area contributed by atoms with Crippen LogP contribution in [-0.2, 0) is 10.3 Å². The summed E-state index contributed by atoms with van der Waals surface area (Å²) in [4.78, 5) is 8.00. The van der Waals surface area contributed by atoms with E-state index in [4.69, 9.17) is 10.5 Å². The second-order valence-electron chi connectivity index (χ2n) is 6.92. The number of nitrogens with two attached hydrogens (primary N) is 1. The van der Waals surface area contributed by atoms with Gasteiger partial charge in [0.1, 0.15) is 41.7 Å². The molecule has 0 saturated carbocycles. The SMILES string of the molecule is C[C@@](O)(c1ccc(F)c(F)c1)[C@H]1O[C@@H](n2ccc3c(N)ncnc32)[C@H](O)[C@@H]1O. The number of aliphatic hydroxyl groups excluding tert-OH is 2. The molecule has 1 aliphatic heterocycles. The Labute approximate surface area is 157 Å². The Hall–Kier alpha value is -2.66. The maximum Gasteiger partial charge on any atom is 0.164 e. The lowest BCUT2D eigenvalue weighted by Crippen LogP contribution is -2.45. The molecule has 5 N–H and O–H groups in total. The fourth-order valence-corrected chi connectivity index (χ4v) is 3.53. The number of benzene rings is 1. The summed E-state index contributed by atoms with van der Waals surface area (Å²) in [5.74, 6) is -1.98. The Morgan fingerprint density at radius 2 is 1.89 bits per heavy atom. The van der Waals surface area contributed by atoms with Crippen LogP contribution in [-0.4, -0.2) is 48.2 Å². The van der Waals surface area contributed by atoms with E-state index < -0.39 is 41.8 Å². The fourth-order valence-electron chi connectivity index (χ4n) is 3.53. The lowest BCUT2D eigenvalue weighted by molar-refractivity contribution is -0.136. The molecule has 0 bridgehead atoms. The molecule has 1 aliphatic rings. The zero-order chi connectivity index (χ0) is 20.2. The molecule has 0 radical (unpaired) electrons. The number of aliphatic hydroxyl groups is 3. The predicted octanol–water partition coefficient (Wildman–Crippen LogP) is 0.819. The van der Waals surface area contributed by atoms with Crippen LogP contribution in [0.1, 0.15) is 18.7 Å². The first-order valence-corrected chi connectivity index (χ1v) is 8.48. The van der Waals surface area contributed by atoms with Gasteiger partial charge in [-0.25, -0.2) is 18.7 Å². The summed E-state index contributed by atoms with van der Waals surface area (Å²) in [5.41, 5.74) is 4.25. The van der Waals surface area contributed by atoms with Gasteiger partial charge in [-0.2, -0.15) is 0 Å². The van der Waals surface area contributed by atoms with Crippen molar-refractivity contribution >= 4 is 16.9 Å². The number of ether oxygens (including phenoxy) is 1. The van der Waals surface area contributed by atoms with Crippen LogP contribution < -0.4 is 5.73 Å². The Balaban J connectivity index is 1.71. The van der Waals surface area contributed by atoms with E-state index in [1.54, 1.807) is 12.3 Å². The van der Waals surface area contributed by atoms with E-state index in [9.17, 15) is 24.1 Å². The van der Waals surface area contributed by atoms with E-state index in [1.165, 1.54) is 23.9 Å². The molecule has 0 spiro atoms. The fraction of sp³-hybridized carbons (Fsp3) is 0.333. The highest BCUT2D eigenvalue weighted by molar-refractivity contribution is 5.86. The van der Waals surface area contributed by atoms with E-state index in [0.717, 1.165) is 12.1 Å². The number of halogens is 2. The average Bonchev–Trinajstić information content (AvgIpc) is 3.20. The van der Waals surface area contributed by atoms with Crippen molar-refractivity contribution in [2.45, 2.75) is 37.1 Å². The molecular formula is C18H18F2N4O4. The van der Waals surface area contributed by atoms with Crippen LogP contribution in [0.2, 0.25) is 0 Å². The second kappa shape index (κ2) is 6.45. The topological polar surface area (TPSA) is 127 Å². The molecule has 5 atom stereocenters. The van der Waals surface area contributed by atoms with Crippen molar-refractivity contribution in [3.63, 3.8) is 0 Å². The molecule has 4 rings (SSSR count). The molecule has 0 aliphatic carbocycles. The van der Waals surface area contributed by atoms with Gasteiger partial charge in [0.05, 0.1) is 5.39 Å². The molecule has 1 saturated heterocycles. The lowest BCUT2D eigenvalue weighted by atomic mass is 9.86. The third-order valence-corrected chi connectivity index (χ3v) is 5.11. The zero-order valence-electron chi connectivity index (χ0n) is 14.7.